The average Bonchev–Trinajstić information content (AvgIpc) is 2.37. The van der Waals surface area contributed by atoms with Crippen LogP contribution in [0.25, 0.3) is 0 Å². The molecule has 3 heteroatoms. The fourth-order valence-corrected chi connectivity index (χ4v) is 2.71. The van der Waals surface area contributed by atoms with Crippen molar-refractivity contribution in [3.63, 3.8) is 0 Å². The first-order valence-electron chi connectivity index (χ1n) is 7.01. The highest BCUT2D eigenvalue weighted by Crippen LogP contribution is 2.23. The lowest BCUT2D eigenvalue weighted by molar-refractivity contribution is -0.152. The number of esters is 1. The predicted molar refractivity (Wildman–Crippen MR) is 75.9 cm³/mol. The number of likely N-dealkylation sites (tertiary alicyclic amines) is 1. The molecule has 2 unspecified atom stereocenters. The summed E-state index contributed by atoms with van der Waals surface area (Å²) in [4.78, 5) is 14.3. The summed E-state index contributed by atoms with van der Waals surface area (Å²) in [5.41, 5.74) is 1.02. The van der Waals surface area contributed by atoms with E-state index in [1.165, 1.54) is 0 Å². The molecule has 1 aliphatic rings. The molecule has 1 saturated heterocycles. The number of rotatable bonds is 3. The summed E-state index contributed by atoms with van der Waals surface area (Å²) in [6.07, 6.45) is 2.30. The number of nitrogens with zero attached hydrogens (tertiary/aromatic N) is 1. The van der Waals surface area contributed by atoms with Gasteiger partial charge in [0.05, 0.1) is 6.42 Å². The van der Waals surface area contributed by atoms with Crippen LogP contribution in [0.3, 0.4) is 0 Å². The molecule has 19 heavy (non-hydrogen) atoms. The van der Waals surface area contributed by atoms with Gasteiger partial charge in [-0.15, -0.1) is 0 Å². The van der Waals surface area contributed by atoms with Crippen molar-refractivity contribution in [1.82, 2.24) is 4.90 Å². The molecule has 1 aliphatic heterocycles. The minimum Gasteiger partial charge on any atom is -0.462 e. The molecule has 2 atom stereocenters. The van der Waals surface area contributed by atoms with Crippen molar-refractivity contribution in [2.24, 2.45) is 0 Å². The third kappa shape index (κ3) is 3.80. The van der Waals surface area contributed by atoms with Gasteiger partial charge < -0.3 is 9.64 Å². The van der Waals surface area contributed by atoms with E-state index in [-0.39, 0.29) is 12.1 Å². The van der Waals surface area contributed by atoms with E-state index >= 15 is 0 Å². The number of carbonyl (C=O) groups is 1. The predicted octanol–water partition coefficient (Wildman–Crippen LogP) is 2.64. The number of piperidine rings is 1. The molecule has 2 rings (SSSR count). The van der Waals surface area contributed by atoms with Crippen LogP contribution in [0.4, 0.5) is 0 Å². The van der Waals surface area contributed by atoms with Gasteiger partial charge in [-0.05, 0) is 39.3 Å². The first-order chi connectivity index (χ1) is 9.06. The van der Waals surface area contributed by atoms with Crippen molar-refractivity contribution in [3.05, 3.63) is 35.9 Å². The van der Waals surface area contributed by atoms with Gasteiger partial charge in [0, 0.05) is 12.1 Å². The Bertz CT molecular complexity index is 406. The molecule has 0 spiro atoms. The summed E-state index contributed by atoms with van der Waals surface area (Å²) in [5.74, 6) is -0.111. The Morgan fingerprint density at radius 3 is 2.37 bits per heavy atom. The second kappa shape index (κ2) is 6.20. The average molecular weight is 261 g/mol. The van der Waals surface area contributed by atoms with Crippen LogP contribution in [-0.4, -0.2) is 36.1 Å². The van der Waals surface area contributed by atoms with Crippen LogP contribution < -0.4 is 0 Å². The fraction of sp³-hybridized carbons (Fsp3) is 0.562. The molecule has 1 heterocycles. The molecule has 0 saturated carbocycles. The molecule has 1 aromatic carbocycles. The largest absolute Gasteiger partial charge is 0.462 e. The summed E-state index contributed by atoms with van der Waals surface area (Å²) in [6.45, 7) is 4.38. The van der Waals surface area contributed by atoms with Gasteiger partial charge in [-0.2, -0.15) is 0 Å². The third-order valence-electron chi connectivity index (χ3n) is 4.09. The molecule has 0 amide bonds. The number of carbonyl (C=O) groups excluding carboxylic acids is 1. The fourth-order valence-electron chi connectivity index (χ4n) is 2.71. The second-order valence-corrected chi connectivity index (χ2v) is 5.61. The van der Waals surface area contributed by atoms with E-state index in [1.54, 1.807) is 0 Å². The number of ether oxygens (including phenoxy) is 1. The van der Waals surface area contributed by atoms with Crippen LogP contribution in [0.5, 0.6) is 0 Å². The first-order valence-corrected chi connectivity index (χ1v) is 7.01. The first kappa shape index (κ1) is 14.1. The van der Waals surface area contributed by atoms with Crippen LogP contribution in [0.15, 0.2) is 30.3 Å². The quantitative estimate of drug-likeness (QED) is 0.783. The van der Waals surface area contributed by atoms with Crippen molar-refractivity contribution in [3.8, 4) is 0 Å². The Morgan fingerprint density at radius 2 is 1.79 bits per heavy atom. The highest BCUT2D eigenvalue weighted by Gasteiger charge is 2.30. The van der Waals surface area contributed by atoms with Gasteiger partial charge in [-0.3, -0.25) is 4.79 Å². The molecular weight excluding hydrogens is 238 g/mol. The van der Waals surface area contributed by atoms with Gasteiger partial charge in [0.1, 0.15) is 6.10 Å². The molecule has 0 bridgehead atoms. The molecule has 0 aromatic heterocycles. The molecule has 0 radical (unpaired) electrons. The van der Waals surface area contributed by atoms with Gasteiger partial charge >= 0.3 is 5.97 Å². The highest BCUT2D eigenvalue weighted by molar-refractivity contribution is 5.72. The Morgan fingerprint density at radius 1 is 1.21 bits per heavy atom. The summed E-state index contributed by atoms with van der Waals surface area (Å²) >= 11 is 0. The maximum Gasteiger partial charge on any atom is 0.310 e. The zero-order valence-corrected chi connectivity index (χ0v) is 12.0. The van der Waals surface area contributed by atoms with E-state index in [2.05, 4.69) is 25.8 Å². The Hall–Kier alpha value is -1.35. The molecule has 104 valence electrons. The van der Waals surface area contributed by atoms with E-state index < -0.39 is 0 Å². The summed E-state index contributed by atoms with van der Waals surface area (Å²) in [5, 5.41) is 0. The van der Waals surface area contributed by atoms with Crippen molar-refractivity contribution < 1.29 is 9.53 Å². The summed E-state index contributed by atoms with van der Waals surface area (Å²) in [7, 11) is 2.14. The standard InChI is InChI=1S/C16H23NO2/c1-12-9-15(10-13(2)17(12)3)19-16(18)11-14-7-5-4-6-8-14/h4-8,12-13,15H,9-11H2,1-3H3. The highest BCUT2D eigenvalue weighted by atomic mass is 16.5. The lowest BCUT2D eigenvalue weighted by Gasteiger charge is -2.39. The SMILES string of the molecule is CC1CC(OC(=O)Cc2ccccc2)CC(C)N1C. The molecule has 0 N–H and O–H groups in total. The Labute approximate surface area is 115 Å². The number of hydrogen-bond donors (Lipinski definition) is 0. The lowest BCUT2D eigenvalue weighted by Crippen LogP contribution is -2.46. The van der Waals surface area contributed by atoms with Gasteiger partial charge in [-0.1, -0.05) is 30.3 Å². The van der Waals surface area contributed by atoms with Crippen LogP contribution in [0, 0.1) is 0 Å². The van der Waals surface area contributed by atoms with Gasteiger partial charge in [0.15, 0.2) is 0 Å². The lowest BCUT2D eigenvalue weighted by atomic mass is 9.95. The maximum absolute atomic E-state index is 11.9. The molecular formula is C16H23NO2. The molecule has 3 nitrogen and oxygen atoms in total. The molecule has 0 aliphatic carbocycles. The monoisotopic (exact) mass is 261 g/mol. The number of hydrogen-bond acceptors (Lipinski definition) is 3. The number of benzene rings is 1. The van der Waals surface area contributed by atoms with Crippen molar-refractivity contribution in [2.45, 2.75) is 51.3 Å². The normalized spacial score (nSPS) is 28.1. The van der Waals surface area contributed by atoms with Crippen LogP contribution in [0.2, 0.25) is 0 Å². The zero-order chi connectivity index (χ0) is 13.8. The smallest absolute Gasteiger partial charge is 0.310 e. The Kier molecular flexibility index (Phi) is 4.59. The zero-order valence-electron chi connectivity index (χ0n) is 12.0. The third-order valence-corrected chi connectivity index (χ3v) is 4.09. The van der Waals surface area contributed by atoms with E-state index in [9.17, 15) is 4.79 Å². The van der Waals surface area contributed by atoms with Crippen LogP contribution >= 0.6 is 0 Å². The van der Waals surface area contributed by atoms with E-state index in [1.807, 2.05) is 30.3 Å². The van der Waals surface area contributed by atoms with Crippen LogP contribution in [-0.2, 0) is 16.0 Å². The van der Waals surface area contributed by atoms with Gasteiger partial charge in [-0.25, -0.2) is 0 Å². The van der Waals surface area contributed by atoms with Crippen molar-refractivity contribution in [2.75, 3.05) is 7.05 Å². The summed E-state index contributed by atoms with van der Waals surface area (Å²) in [6, 6.07) is 10.7. The molecule has 1 aromatic rings. The van der Waals surface area contributed by atoms with E-state index in [0.29, 0.717) is 18.5 Å². The topological polar surface area (TPSA) is 29.5 Å². The molecule has 1 fully saturated rings. The maximum atomic E-state index is 11.9. The van der Waals surface area contributed by atoms with Crippen LogP contribution in [0.1, 0.15) is 32.3 Å². The minimum absolute atomic E-state index is 0.0670. The van der Waals surface area contributed by atoms with E-state index in [0.717, 1.165) is 18.4 Å². The van der Waals surface area contributed by atoms with Crippen molar-refractivity contribution in [1.29, 1.82) is 0 Å². The second-order valence-electron chi connectivity index (χ2n) is 5.61. The van der Waals surface area contributed by atoms with Gasteiger partial charge in [0.2, 0.25) is 0 Å². The minimum atomic E-state index is -0.111. The van der Waals surface area contributed by atoms with E-state index in [4.69, 9.17) is 4.74 Å². The van der Waals surface area contributed by atoms with Crippen molar-refractivity contribution >= 4 is 5.97 Å². The Balaban J connectivity index is 1.86. The summed E-state index contributed by atoms with van der Waals surface area (Å²) < 4.78 is 5.62. The van der Waals surface area contributed by atoms with Gasteiger partial charge in [0.25, 0.3) is 0 Å².